The van der Waals surface area contributed by atoms with E-state index in [1.54, 1.807) is 0 Å². The van der Waals surface area contributed by atoms with Gasteiger partial charge in [-0.3, -0.25) is 0 Å². The van der Waals surface area contributed by atoms with Crippen LogP contribution in [0.5, 0.6) is 0 Å². The Labute approximate surface area is 285 Å². The summed E-state index contributed by atoms with van der Waals surface area (Å²) < 4.78 is 0. The molecule has 0 spiro atoms. The van der Waals surface area contributed by atoms with Gasteiger partial charge in [0.1, 0.15) is 0 Å². The molecule has 7 aromatic carbocycles. The lowest BCUT2D eigenvalue weighted by Crippen LogP contribution is -2.17. The summed E-state index contributed by atoms with van der Waals surface area (Å²) in [6, 6.07) is 58.2. The van der Waals surface area contributed by atoms with Crippen LogP contribution in [0.1, 0.15) is 51.3 Å². The third-order valence-corrected chi connectivity index (χ3v) is 10.2. The maximum Gasteiger partial charge on any atom is 0.0546 e. The van der Waals surface area contributed by atoms with Crippen molar-refractivity contribution in [3.05, 3.63) is 174 Å². The first-order valence-corrected chi connectivity index (χ1v) is 17.0. The van der Waals surface area contributed by atoms with Crippen LogP contribution in [0, 0.1) is 0 Å². The van der Waals surface area contributed by atoms with Crippen molar-refractivity contribution in [1.82, 2.24) is 0 Å². The average Bonchev–Trinajstić information content (AvgIpc) is 3.34. The van der Waals surface area contributed by atoms with E-state index in [1.165, 1.54) is 66.5 Å². The van der Waals surface area contributed by atoms with Crippen LogP contribution in [0.3, 0.4) is 0 Å². The number of nitrogens with zero attached hydrogens (tertiary/aromatic N) is 1. The molecule has 48 heavy (non-hydrogen) atoms. The zero-order chi connectivity index (χ0) is 33.0. The van der Waals surface area contributed by atoms with Crippen LogP contribution in [-0.4, -0.2) is 0 Å². The van der Waals surface area contributed by atoms with Crippen LogP contribution in [0.15, 0.2) is 158 Å². The highest BCUT2D eigenvalue weighted by atomic mass is 15.1. The molecule has 234 valence electrons. The van der Waals surface area contributed by atoms with Crippen LogP contribution in [-0.2, 0) is 10.8 Å². The van der Waals surface area contributed by atoms with Crippen molar-refractivity contribution in [2.24, 2.45) is 0 Å². The van der Waals surface area contributed by atoms with Gasteiger partial charge in [0.25, 0.3) is 0 Å². The summed E-state index contributed by atoms with van der Waals surface area (Å²) in [4.78, 5) is 2.48. The minimum Gasteiger partial charge on any atom is -0.310 e. The second-order valence-corrected chi connectivity index (χ2v) is 14.7. The van der Waals surface area contributed by atoms with Crippen LogP contribution in [0.4, 0.5) is 17.1 Å². The molecule has 0 bridgehead atoms. The molecule has 0 saturated heterocycles. The van der Waals surface area contributed by atoms with Crippen LogP contribution < -0.4 is 4.90 Å². The number of hydrogen-bond donors (Lipinski definition) is 0. The second kappa shape index (κ2) is 11.4. The Morgan fingerprint density at radius 2 is 1.00 bits per heavy atom. The van der Waals surface area contributed by atoms with Crippen molar-refractivity contribution in [3.63, 3.8) is 0 Å². The molecule has 0 aliphatic heterocycles. The van der Waals surface area contributed by atoms with E-state index in [0.29, 0.717) is 0 Å². The fraction of sp³-hybridized carbons (Fsp3) is 0.149. The molecule has 0 saturated carbocycles. The summed E-state index contributed by atoms with van der Waals surface area (Å²) in [7, 11) is 0. The molecule has 0 unspecified atom stereocenters. The van der Waals surface area contributed by atoms with E-state index in [2.05, 4.69) is 197 Å². The van der Waals surface area contributed by atoms with Crippen molar-refractivity contribution < 1.29 is 0 Å². The van der Waals surface area contributed by atoms with Crippen molar-refractivity contribution in [2.75, 3.05) is 4.90 Å². The fourth-order valence-electron chi connectivity index (χ4n) is 7.69. The van der Waals surface area contributed by atoms with Gasteiger partial charge in [0.2, 0.25) is 0 Å². The van der Waals surface area contributed by atoms with E-state index in [0.717, 1.165) is 11.4 Å². The summed E-state index contributed by atoms with van der Waals surface area (Å²) in [5.74, 6) is 0. The monoisotopic (exact) mass is 619 g/mol. The standard InChI is InChI=1S/C47H41N/c1-46(2,3)42-21-13-11-20-39(42)41-29-34-17-9-10-18-35(34)30-45(41)48(36-25-23-33(24-26-36)32-15-7-6-8-16-32)37-27-28-40-38-19-12-14-22-43(38)47(4,5)44(40)31-37/h6-31H,1-5H3. The summed E-state index contributed by atoms with van der Waals surface area (Å²) >= 11 is 0. The third-order valence-electron chi connectivity index (χ3n) is 10.2. The van der Waals surface area contributed by atoms with Crippen molar-refractivity contribution >= 4 is 27.8 Å². The highest BCUT2D eigenvalue weighted by Gasteiger charge is 2.36. The van der Waals surface area contributed by atoms with Crippen LogP contribution >= 0.6 is 0 Å². The third kappa shape index (κ3) is 5.02. The zero-order valence-corrected chi connectivity index (χ0v) is 28.5. The Hall–Kier alpha value is -5.40. The SMILES string of the molecule is CC(C)(C)c1ccccc1-c1cc2ccccc2cc1N(c1ccc(-c2ccccc2)cc1)c1ccc2c(c1)C(C)(C)c1ccccc1-2. The van der Waals surface area contributed by atoms with Gasteiger partial charge in [-0.2, -0.15) is 0 Å². The van der Waals surface area contributed by atoms with E-state index in [-0.39, 0.29) is 10.8 Å². The Bertz CT molecular complexity index is 2280. The van der Waals surface area contributed by atoms with E-state index in [9.17, 15) is 0 Å². The molecule has 0 aromatic heterocycles. The number of benzene rings is 7. The average molecular weight is 620 g/mol. The van der Waals surface area contributed by atoms with Gasteiger partial charge in [0, 0.05) is 22.4 Å². The predicted octanol–water partition coefficient (Wildman–Crippen LogP) is 13.2. The first kappa shape index (κ1) is 30.0. The lowest BCUT2D eigenvalue weighted by atomic mass is 9.81. The molecule has 0 heterocycles. The number of rotatable bonds is 5. The van der Waals surface area contributed by atoms with Gasteiger partial charge in [-0.15, -0.1) is 0 Å². The minimum atomic E-state index is -0.101. The van der Waals surface area contributed by atoms with Crippen molar-refractivity contribution in [2.45, 2.75) is 45.4 Å². The highest BCUT2D eigenvalue weighted by molar-refractivity contribution is 5.99. The lowest BCUT2D eigenvalue weighted by Gasteiger charge is -2.31. The molecule has 0 N–H and O–H groups in total. The van der Waals surface area contributed by atoms with Gasteiger partial charge < -0.3 is 4.90 Å². The van der Waals surface area contributed by atoms with Gasteiger partial charge >= 0.3 is 0 Å². The molecule has 1 heteroatoms. The number of fused-ring (bicyclic) bond motifs is 4. The van der Waals surface area contributed by atoms with Gasteiger partial charge in [-0.05, 0) is 97.1 Å². The van der Waals surface area contributed by atoms with Crippen LogP contribution in [0.2, 0.25) is 0 Å². The molecule has 8 rings (SSSR count). The molecular weight excluding hydrogens is 579 g/mol. The summed E-state index contributed by atoms with van der Waals surface area (Å²) in [6.07, 6.45) is 0. The molecule has 7 aromatic rings. The molecule has 0 fully saturated rings. The topological polar surface area (TPSA) is 3.24 Å². The lowest BCUT2D eigenvalue weighted by molar-refractivity contribution is 0.592. The number of hydrogen-bond acceptors (Lipinski definition) is 1. The normalized spacial score (nSPS) is 13.3. The highest BCUT2D eigenvalue weighted by Crippen LogP contribution is 2.52. The maximum atomic E-state index is 2.48. The van der Waals surface area contributed by atoms with E-state index in [4.69, 9.17) is 0 Å². The quantitative estimate of drug-likeness (QED) is 0.185. The molecular formula is C47H41N. The number of anilines is 3. The summed E-state index contributed by atoms with van der Waals surface area (Å²) in [5.41, 5.74) is 15.0. The smallest absolute Gasteiger partial charge is 0.0546 e. The van der Waals surface area contributed by atoms with Crippen molar-refractivity contribution in [1.29, 1.82) is 0 Å². The molecule has 1 nitrogen and oxygen atoms in total. The van der Waals surface area contributed by atoms with Gasteiger partial charge in [0.05, 0.1) is 5.69 Å². The van der Waals surface area contributed by atoms with Gasteiger partial charge in [-0.1, -0.05) is 156 Å². The Balaban J connectivity index is 1.40. The first-order valence-electron chi connectivity index (χ1n) is 17.0. The molecule has 0 amide bonds. The largest absolute Gasteiger partial charge is 0.310 e. The molecule has 1 aliphatic rings. The Kier molecular flexibility index (Phi) is 7.11. The van der Waals surface area contributed by atoms with Gasteiger partial charge in [-0.25, -0.2) is 0 Å². The maximum absolute atomic E-state index is 2.48. The van der Waals surface area contributed by atoms with Crippen molar-refractivity contribution in [3.8, 4) is 33.4 Å². The fourth-order valence-corrected chi connectivity index (χ4v) is 7.69. The van der Waals surface area contributed by atoms with Crippen LogP contribution in [0.25, 0.3) is 44.2 Å². The Morgan fingerprint density at radius 3 is 1.73 bits per heavy atom. The van der Waals surface area contributed by atoms with E-state index >= 15 is 0 Å². The van der Waals surface area contributed by atoms with E-state index < -0.39 is 0 Å². The van der Waals surface area contributed by atoms with Gasteiger partial charge in [0.15, 0.2) is 0 Å². The second-order valence-electron chi connectivity index (χ2n) is 14.7. The first-order chi connectivity index (χ1) is 23.2. The Morgan fingerprint density at radius 1 is 0.438 bits per heavy atom. The summed E-state index contributed by atoms with van der Waals surface area (Å²) in [6.45, 7) is 11.7. The molecule has 0 radical (unpaired) electrons. The predicted molar refractivity (Wildman–Crippen MR) is 206 cm³/mol. The minimum absolute atomic E-state index is 0.0228. The molecule has 0 atom stereocenters. The summed E-state index contributed by atoms with van der Waals surface area (Å²) in [5, 5.41) is 2.47. The van der Waals surface area contributed by atoms with E-state index in [1.807, 2.05) is 0 Å². The zero-order valence-electron chi connectivity index (χ0n) is 28.5. The molecule has 1 aliphatic carbocycles.